The molecule has 0 bridgehead atoms. The van der Waals surface area contributed by atoms with Gasteiger partial charge in [-0.25, -0.2) is 4.79 Å². The number of thiocarbonyl (C=S) groups is 1. The second-order valence-electron chi connectivity index (χ2n) is 4.44. The van der Waals surface area contributed by atoms with Crippen LogP contribution in [-0.2, 0) is 9.53 Å². The summed E-state index contributed by atoms with van der Waals surface area (Å²) in [6.07, 6.45) is 0. The van der Waals surface area contributed by atoms with Crippen LogP contribution in [0.2, 0.25) is 0 Å². The molecule has 0 fully saturated rings. The number of benzene rings is 1. The van der Waals surface area contributed by atoms with Gasteiger partial charge < -0.3 is 15.8 Å². The lowest BCUT2D eigenvalue weighted by molar-refractivity contribution is -0.142. The summed E-state index contributed by atoms with van der Waals surface area (Å²) in [6.45, 7) is 3.88. The zero-order valence-corrected chi connectivity index (χ0v) is 13.5. The Kier molecular flexibility index (Phi) is 5.75. The first-order chi connectivity index (χ1) is 8.86. The Balaban J connectivity index is 3.11. The maximum absolute atomic E-state index is 11.8. The smallest absolute Gasteiger partial charge is 0.328 e. The Bertz CT molecular complexity index is 492. The number of halogens is 1. The van der Waals surface area contributed by atoms with E-state index in [-0.39, 0.29) is 16.9 Å². The Morgan fingerprint density at radius 2 is 2.11 bits per heavy atom. The van der Waals surface area contributed by atoms with Crippen molar-refractivity contribution in [3.05, 3.63) is 28.2 Å². The normalized spacial score (nSPS) is 12.1. The molecule has 0 aliphatic carbocycles. The summed E-state index contributed by atoms with van der Waals surface area (Å²) < 4.78 is 5.68. The molecule has 0 saturated carbocycles. The quantitative estimate of drug-likeness (QED) is 0.635. The van der Waals surface area contributed by atoms with Gasteiger partial charge in [-0.05, 0) is 24.1 Å². The topological polar surface area (TPSA) is 64.3 Å². The molecule has 0 saturated heterocycles. The Morgan fingerprint density at radius 1 is 1.47 bits per heavy atom. The molecule has 0 amide bonds. The molecule has 1 unspecified atom stereocenters. The fourth-order valence-corrected chi connectivity index (χ4v) is 2.18. The van der Waals surface area contributed by atoms with E-state index in [0.29, 0.717) is 11.3 Å². The summed E-state index contributed by atoms with van der Waals surface area (Å²) >= 11 is 8.40. The van der Waals surface area contributed by atoms with Crippen molar-refractivity contribution >= 4 is 44.8 Å². The Hall–Kier alpha value is -1.14. The summed E-state index contributed by atoms with van der Waals surface area (Å²) in [6, 6.07) is 5.05. The summed E-state index contributed by atoms with van der Waals surface area (Å²) in [7, 11) is 1.37. The number of rotatable bonds is 5. The SMILES string of the molecule is COC(=O)C(Nc1cc(Br)ccc1C(N)=S)C(C)C. The summed E-state index contributed by atoms with van der Waals surface area (Å²) in [5.74, 6) is -0.241. The average Bonchev–Trinajstić information content (AvgIpc) is 2.34. The highest BCUT2D eigenvalue weighted by Gasteiger charge is 2.24. The Morgan fingerprint density at radius 3 is 2.58 bits per heavy atom. The van der Waals surface area contributed by atoms with E-state index in [1.54, 1.807) is 0 Å². The van der Waals surface area contributed by atoms with E-state index >= 15 is 0 Å². The number of nitrogens with one attached hydrogen (secondary N) is 1. The van der Waals surface area contributed by atoms with Gasteiger partial charge in [0, 0.05) is 15.7 Å². The number of ether oxygens (including phenoxy) is 1. The van der Waals surface area contributed by atoms with Crippen LogP contribution in [0.25, 0.3) is 0 Å². The van der Waals surface area contributed by atoms with E-state index in [9.17, 15) is 4.79 Å². The molecule has 104 valence electrons. The van der Waals surface area contributed by atoms with Crippen molar-refractivity contribution in [1.29, 1.82) is 0 Å². The van der Waals surface area contributed by atoms with Gasteiger partial charge in [-0.1, -0.05) is 42.0 Å². The molecular weight excluding hydrogens is 328 g/mol. The van der Waals surface area contributed by atoms with Gasteiger partial charge in [0.1, 0.15) is 11.0 Å². The van der Waals surface area contributed by atoms with Crippen LogP contribution in [-0.4, -0.2) is 24.1 Å². The van der Waals surface area contributed by atoms with E-state index < -0.39 is 6.04 Å². The van der Waals surface area contributed by atoms with Gasteiger partial charge in [-0.2, -0.15) is 0 Å². The van der Waals surface area contributed by atoms with Gasteiger partial charge in [0.05, 0.1) is 7.11 Å². The van der Waals surface area contributed by atoms with E-state index in [2.05, 4.69) is 21.2 Å². The molecule has 0 heterocycles. The van der Waals surface area contributed by atoms with Crippen molar-refractivity contribution in [2.24, 2.45) is 11.7 Å². The fraction of sp³-hybridized carbons (Fsp3) is 0.385. The largest absolute Gasteiger partial charge is 0.467 e. The van der Waals surface area contributed by atoms with Gasteiger partial charge >= 0.3 is 5.97 Å². The summed E-state index contributed by atoms with van der Waals surface area (Å²) in [5.41, 5.74) is 7.10. The van der Waals surface area contributed by atoms with Crippen LogP contribution in [0.4, 0.5) is 5.69 Å². The van der Waals surface area contributed by atoms with Crippen molar-refractivity contribution in [3.8, 4) is 0 Å². The number of nitrogens with two attached hydrogens (primary N) is 1. The third-order valence-electron chi connectivity index (χ3n) is 2.68. The highest BCUT2D eigenvalue weighted by Crippen LogP contribution is 2.23. The van der Waals surface area contributed by atoms with Crippen molar-refractivity contribution in [3.63, 3.8) is 0 Å². The monoisotopic (exact) mass is 344 g/mol. The second kappa shape index (κ2) is 6.86. The lowest BCUT2D eigenvalue weighted by Gasteiger charge is -2.22. The van der Waals surface area contributed by atoms with Gasteiger partial charge in [-0.15, -0.1) is 0 Å². The van der Waals surface area contributed by atoms with Crippen LogP contribution in [0.5, 0.6) is 0 Å². The molecule has 3 N–H and O–H groups in total. The molecule has 0 aromatic heterocycles. The van der Waals surface area contributed by atoms with Gasteiger partial charge in [0.2, 0.25) is 0 Å². The standard InChI is InChI=1S/C13H17BrN2O2S/c1-7(2)11(13(17)18-3)16-10-6-8(14)4-5-9(10)12(15)19/h4-7,11,16H,1-3H3,(H2,15,19). The third kappa shape index (κ3) is 4.18. The number of methoxy groups -OCH3 is 1. The minimum atomic E-state index is -0.451. The van der Waals surface area contributed by atoms with Gasteiger partial charge in [-0.3, -0.25) is 0 Å². The molecule has 6 heteroatoms. The maximum Gasteiger partial charge on any atom is 0.328 e. The summed E-state index contributed by atoms with van der Waals surface area (Å²) in [4.78, 5) is 12.0. The maximum atomic E-state index is 11.8. The minimum Gasteiger partial charge on any atom is -0.467 e. The highest BCUT2D eigenvalue weighted by molar-refractivity contribution is 9.10. The van der Waals surface area contributed by atoms with E-state index in [4.69, 9.17) is 22.7 Å². The molecule has 1 aromatic carbocycles. The van der Waals surface area contributed by atoms with Crippen LogP contribution < -0.4 is 11.1 Å². The second-order valence-corrected chi connectivity index (χ2v) is 5.80. The zero-order valence-electron chi connectivity index (χ0n) is 11.1. The number of carbonyl (C=O) groups excluding carboxylic acids is 1. The average molecular weight is 345 g/mol. The molecule has 1 atom stereocenters. The molecule has 0 aliphatic heterocycles. The lowest BCUT2D eigenvalue weighted by Crippen LogP contribution is -2.36. The summed E-state index contributed by atoms with van der Waals surface area (Å²) in [5, 5.41) is 3.15. The number of esters is 1. The number of anilines is 1. The number of hydrogen-bond donors (Lipinski definition) is 2. The van der Waals surface area contributed by atoms with Crippen molar-refractivity contribution in [2.75, 3.05) is 12.4 Å². The number of hydrogen-bond acceptors (Lipinski definition) is 4. The predicted molar refractivity (Wildman–Crippen MR) is 84.3 cm³/mol. The Labute approximate surface area is 126 Å². The zero-order chi connectivity index (χ0) is 14.6. The number of carbonyl (C=O) groups is 1. The molecule has 0 radical (unpaired) electrons. The van der Waals surface area contributed by atoms with Crippen LogP contribution >= 0.6 is 28.1 Å². The first-order valence-corrected chi connectivity index (χ1v) is 7.00. The van der Waals surface area contributed by atoms with Crippen LogP contribution in [0, 0.1) is 5.92 Å². The molecule has 0 aliphatic rings. The lowest BCUT2D eigenvalue weighted by atomic mass is 10.0. The van der Waals surface area contributed by atoms with Crippen LogP contribution in [0.15, 0.2) is 22.7 Å². The van der Waals surface area contributed by atoms with E-state index in [1.807, 2.05) is 32.0 Å². The first-order valence-electron chi connectivity index (χ1n) is 5.80. The van der Waals surface area contributed by atoms with Gasteiger partial charge in [0.25, 0.3) is 0 Å². The first kappa shape index (κ1) is 15.9. The molecule has 4 nitrogen and oxygen atoms in total. The fourth-order valence-electron chi connectivity index (χ4n) is 1.64. The predicted octanol–water partition coefficient (Wildman–Crippen LogP) is 2.69. The third-order valence-corrected chi connectivity index (χ3v) is 3.39. The van der Waals surface area contributed by atoms with E-state index in [1.165, 1.54) is 7.11 Å². The molecule has 1 rings (SSSR count). The van der Waals surface area contributed by atoms with Crippen LogP contribution in [0.1, 0.15) is 19.4 Å². The highest BCUT2D eigenvalue weighted by atomic mass is 79.9. The minimum absolute atomic E-state index is 0.0747. The van der Waals surface area contributed by atoms with Crippen molar-refractivity contribution < 1.29 is 9.53 Å². The van der Waals surface area contributed by atoms with Crippen molar-refractivity contribution in [1.82, 2.24) is 0 Å². The van der Waals surface area contributed by atoms with E-state index in [0.717, 1.165) is 4.47 Å². The van der Waals surface area contributed by atoms with Gasteiger partial charge in [0.15, 0.2) is 0 Å². The van der Waals surface area contributed by atoms with Crippen molar-refractivity contribution in [2.45, 2.75) is 19.9 Å². The van der Waals surface area contributed by atoms with Crippen LogP contribution in [0.3, 0.4) is 0 Å². The molecule has 0 spiro atoms. The molecule has 1 aromatic rings. The molecule has 19 heavy (non-hydrogen) atoms. The molecular formula is C13H17BrN2O2S.